The van der Waals surface area contributed by atoms with Gasteiger partial charge in [-0.15, -0.1) is 0 Å². The predicted molar refractivity (Wildman–Crippen MR) is 48.9 cm³/mol. The summed E-state index contributed by atoms with van der Waals surface area (Å²) in [6.07, 6.45) is 1.78. The maximum atomic E-state index is 9.71. The molecule has 2 rings (SSSR count). The van der Waals surface area contributed by atoms with Crippen molar-refractivity contribution in [2.24, 2.45) is 5.90 Å². The molecular formula is C9H10N2O2. The molecule has 4 N–H and O–H groups in total. The number of nitrogens with two attached hydrogens (primary N) is 1. The quantitative estimate of drug-likeness (QED) is 0.606. The highest BCUT2D eigenvalue weighted by atomic mass is 16.6. The second kappa shape index (κ2) is 3.08. The maximum Gasteiger partial charge on any atom is 0.130 e. The molecule has 0 amide bonds. The highest BCUT2D eigenvalue weighted by Gasteiger charge is 2.05. The summed E-state index contributed by atoms with van der Waals surface area (Å²) in [5.41, 5.74) is 1.59. The van der Waals surface area contributed by atoms with E-state index in [9.17, 15) is 5.11 Å². The third-order valence-corrected chi connectivity index (χ3v) is 2.03. The van der Waals surface area contributed by atoms with E-state index in [4.69, 9.17) is 5.90 Å². The first-order chi connectivity index (χ1) is 6.33. The Bertz CT molecular complexity index is 422. The van der Waals surface area contributed by atoms with Crippen LogP contribution in [0.4, 0.5) is 0 Å². The van der Waals surface area contributed by atoms with E-state index in [2.05, 4.69) is 9.82 Å². The number of phenols is 1. The molecule has 13 heavy (non-hydrogen) atoms. The van der Waals surface area contributed by atoms with Crippen LogP contribution < -0.4 is 5.90 Å². The van der Waals surface area contributed by atoms with Crippen LogP contribution in [-0.4, -0.2) is 10.1 Å². The smallest absolute Gasteiger partial charge is 0.130 e. The van der Waals surface area contributed by atoms with Gasteiger partial charge in [0.15, 0.2) is 0 Å². The van der Waals surface area contributed by atoms with Gasteiger partial charge in [0.25, 0.3) is 0 Å². The monoisotopic (exact) mass is 178 g/mol. The number of nitrogens with one attached hydrogen (secondary N) is 1. The summed E-state index contributed by atoms with van der Waals surface area (Å²) in [5, 5.41) is 10.5. The Hall–Kier alpha value is -1.52. The number of aromatic amines is 1. The van der Waals surface area contributed by atoms with Crippen molar-refractivity contribution in [3.8, 4) is 5.75 Å². The van der Waals surface area contributed by atoms with Crippen molar-refractivity contribution in [2.75, 3.05) is 0 Å². The minimum atomic E-state index is 0.215. The van der Waals surface area contributed by atoms with E-state index in [-0.39, 0.29) is 12.4 Å². The molecule has 0 saturated heterocycles. The second-order valence-corrected chi connectivity index (χ2v) is 2.82. The lowest BCUT2D eigenvalue weighted by molar-refractivity contribution is 0.122. The van der Waals surface area contributed by atoms with Crippen LogP contribution in [0.3, 0.4) is 0 Å². The molecule has 0 saturated carbocycles. The van der Waals surface area contributed by atoms with Gasteiger partial charge in [0.05, 0.1) is 6.61 Å². The maximum absolute atomic E-state index is 9.71. The van der Waals surface area contributed by atoms with Gasteiger partial charge < -0.3 is 10.1 Å². The van der Waals surface area contributed by atoms with Crippen molar-refractivity contribution < 1.29 is 9.94 Å². The number of aromatic hydroxyl groups is 1. The summed E-state index contributed by atoms with van der Waals surface area (Å²) in [6.45, 7) is 0.215. The normalized spacial score (nSPS) is 10.8. The average Bonchev–Trinajstić information content (AvgIpc) is 2.58. The summed E-state index contributed by atoms with van der Waals surface area (Å²) in [6, 6.07) is 5.47. The van der Waals surface area contributed by atoms with E-state index in [1.807, 2.05) is 12.1 Å². The lowest BCUT2D eigenvalue weighted by Gasteiger charge is -2.03. The van der Waals surface area contributed by atoms with E-state index in [1.54, 1.807) is 12.3 Å². The zero-order valence-corrected chi connectivity index (χ0v) is 6.95. The molecule has 0 unspecified atom stereocenters. The van der Waals surface area contributed by atoms with Gasteiger partial charge >= 0.3 is 0 Å². The van der Waals surface area contributed by atoms with E-state index < -0.39 is 0 Å². The fourth-order valence-electron chi connectivity index (χ4n) is 1.37. The van der Waals surface area contributed by atoms with Gasteiger partial charge in [0.1, 0.15) is 5.75 Å². The Morgan fingerprint density at radius 3 is 3.00 bits per heavy atom. The number of phenolic OH excluding ortho intramolecular Hbond substituents is 1. The summed E-state index contributed by atoms with van der Waals surface area (Å²) in [7, 11) is 0. The van der Waals surface area contributed by atoms with E-state index in [0.717, 1.165) is 10.9 Å². The summed E-state index contributed by atoms with van der Waals surface area (Å²) in [5.74, 6) is 5.16. The standard InChI is InChI=1S/C9H10N2O2/c10-13-5-6-1-2-8-7(9(6)12)3-4-11-8/h1-4,11-12H,5,10H2. The Morgan fingerprint density at radius 1 is 1.38 bits per heavy atom. The zero-order valence-electron chi connectivity index (χ0n) is 6.95. The fraction of sp³-hybridized carbons (Fsp3) is 0.111. The molecule has 0 radical (unpaired) electrons. The van der Waals surface area contributed by atoms with Crippen LogP contribution in [-0.2, 0) is 11.4 Å². The van der Waals surface area contributed by atoms with Gasteiger partial charge in [-0.05, 0) is 12.1 Å². The molecule has 1 aromatic carbocycles. The van der Waals surface area contributed by atoms with Gasteiger partial charge in [0.2, 0.25) is 0 Å². The topological polar surface area (TPSA) is 71.3 Å². The van der Waals surface area contributed by atoms with Gasteiger partial charge in [0, 0.05) is 22.7 Å². The number of rotatable bonds is 2. The minimum absolute atomic E-state index is 0.215. The van der Waals surface area contributed by atoms with Crippen molar-refractivity contribution >= 4 is 10.9 Å². The van der Waals surface area contributed by atoms with Gasteiger partial charge in [-0.25, -0.2) is 5.90 Å². The number of H-pyrrole nitrogens is 1. The van der Waals surface area contributed by atoms with Crippen molar-refractivity contribution in [2.45, 2.75) is 6.61 Å². The first-order valence-corrected chi connectivity index (χ1v) is 3.92. The molecule has 0 spiro atoms. The lowest BCUT2D eigenvalue weighted by Crippen LogP contribution is -1.98. The van der Waals surface area contributed by atoms with Crippen LogP contribution in [0, 0.1) is 0 Å². The number of benzene rings is 1. The molecule has 2 aromatic rings. The molecule has 0 aliphatic carbocycles. The van der Waals surface area contributed by atoms with Crippen molar-refractivity contribution in [3.63, 3.8) is 0 Å². The first-order valence-electron chi connectivity index (χ1n) is 3.92. The highest BCUT2D eigenvalue weighted by Crippen LogP contribution is 2.27. The molecule has 0 fully saturated rings. The third-order valence-electron chi connectivity index (χ3n) is 2.03. The second-order valence-electron chi connectivity index (χ2n) is 2.82. The summed E-state index contributed by atoms with van der Waals surface area (Å²) < 4.78 is 0. The number of aromatic nitrogens is 1. The molecule has 1 aromatic heterocycles. The van der Waals surface area contributed by atoms with Crippen molar-refractivity contribution in [3.05, 3.63) is 30.0 Å². The van der Waals surface area contributed by atoms with E-state index in [0.29, 0.717) is 5.56 Å². The Labute approximate surface area is 74.9 Å². The average molecular weight is 178 g/mol. The summed E-state index contributed by atoms with van der Waals surface area (Å²) >= 11 is 0. The molecule has 0 atom stereocenters. The zero-order chi connectivity index (χ0) is 9.26. The Morgan fingerprint density at radius 2 is 2.23 bits per heavy atom. The van der Waals surface area contributed by atoms with Crippen molar-refractivity contribution in [1.29, 1.82) is 0 Å². The van der Waals surface area contributed by atoms with Gasteiger partial charge in [-0.1, -0.05) is 6.07 Å². The fourth-order valence-corrected chi connectivity index (χ4v) is 1.37. The first kappa shape index (κ1) is 8.10. The molecule has 0 aliphatic heterocycles. The Kier molecular flexibility index (Phi) is 1.92. The highest BCUT2D eigenvalue weighted by molar-refractivity contribution is 5.86. The SMILES string of the molecule is NOCc1ccc2[nH]ccc2c1O. The largest absolute Gasteiger partial charge is 0.507 e. The molecule has 0 aliphatic rings. The van der Waals surface area contributed by atoms with Crippen LogP contribution >= 0.6 is 0 Å². The van der Waals surface area contributed by atoms with Crippen LogP contribution in [0.15, 0.2) is 24.4 Å². The number of hydrogen-bond donors (Lipinski definition) is 3. The van der Waals surface area contributed by atoms with Crippen molar-refractivity contribution in [1.82, 2.24) is 4.98 Å². The van der Waals surface area contributed by atoms with Crippen LogP contribution in [0.5, 0.6) is 5.75 Å². The van der Waals surface area contributed by atoms with E-state index in [1.165, 1.54) is 0 Å². The number of hydrogen-bond acceptors (Lipinski definition) is 3. The molecule has 68 valence electrons. The molecule has 4 nitrogen and oxygen atoms in total. The number of fused-ring (bicyclic) bond motifs is 1. The molecule has 0 bridgehead atoms. The third kappa shape index (κ3) is 1.26. The Balaban J connectivity index is 2.59. The minimum Gasteiger partial charge on any atom is -0.507 e. The van der Waals surface area contributed by atoms with Gasteiger partial charge in [-0.3, -0.25) is 4.84 Å². The van der Waals surface area contributed by atoms with Crippen LogP contribution in [0.2, 0.25) is 0 Å². The lowest BCUT2D eigenvalue weighted by atomic mass is 10.1. The molecule has 1 heterocycles. The van der Waals surface area contributed by atoms with Gasteiger partial charge in [-0.2, -0.15) is 0 Å². The van der Waals surface area contributed by atoms with Crippen LogP contribution in [0.1, 0.15) is 5.56 Å². The predicted octanol–water partition coefficient (Wildman–Crippen LogP) is 1.26. The van der Waals surface area contributed by atoms with Crippen LogP contribution in [0.25, 0.3) is 10.9 Å². The molecule has 4 heteroatoms. The van der Waals surface area contributed by atoms with E-state index >= 15 is 0 Å². The summed E-state index contributed by atoms with van der Waals surface area (Å²) in [4.78, 5) is 7.46. The molecular weight excluding hydrogens is 168 g/mol.